The maximum Gasteiger partial charge on any atom is 0.251 e. The first-order chi connectivity index (χ1) is 12.6. The molecular formula is C19H22N2O4S. The molecule has 0 saturated carbocycles. The fourth-order valence-corrected chi connectivity index (χ4v) is 4.35. The normalized spacial score (nSPS) is 12.5. The lowest BCUT2D eigenvalue weighted by Gasteiger charge is -2.08. The number of primary amides is 1. The van der Waals surface area contributed by atoms with Crippen LogP contribution in [0.4, 0.5) is 5.00 Å². The standard InChI is InChI=1S/C19H22N2O4S/c1-24-12-7-9-13(10-8-12)25-11-3-6-16(22)21-19-17(18(20)23)14-4-2-5-15(14)26-19/h7-10H,2-6,11H2,1H3,(H2,20,23)(H,21,22). The molecule has 1 aliphatic rings. The second-order valence-corrected chi connectivity index (χ2v) is 7.21. The maximum absolute atomic E-state index is 12.2. The van der Waals surface area contributed by atoms with Gasteiger partial charge in [-0.15, -0.1) is 11.3 Å². The first kappa shape index (κ1) is 18.3. The molecule has 7 heteroatoms. The predicted octanol–water partition coefficient (Wildman–Crippen LogP) is 3.14. The van der Waals surface area contributed by atoms with E-state index in [1.54, 1.807) is 7.11 Å². The van der Waals surface area contributed by atoms with E-state index in [0.29, 0.717) is 30.0 Å². The summed E-state index contributed by atoms with van der Waals surface area (Å²) in [6, 6.07) is 7.29. The lowest BCUT2D eigenvalue weighted by molar-refractivity contribution is -0.116. The van der Waals surface area contributed by atoms with E-state index in [1.165, 1.54) is 11.3 Å². The van der Waals surface area contributed by atoms with Gasteiger partial charge in [0.15, 0.2) is 0 Å². The highest BCUT2D eigenvalue weighted by Crippen LogP contribution is 2.38. The summed E-state index contributed by atoms with van der Waals surface area (Å²) in [7, 11) is 1.61. The number of aryl methyl sites for hydroxylation is 1. The van der Waals surface area contributed by atoms with Crippen molar-refractivity contribution in [1.82, 2.24) is 0 Å². The van der Waals surface area contributed by atoms with Gasteiger partial charge >= 0.3 is 0 Å². The first-order valence-corrected chi connectivity index (χ1v) is 9.41. The molecule has 3 N–H and O–H groups in total. The molecule has 6 nitrogen and oxygen atoms in total. The van der Waals surface area contributed by atoms with Crippen molar-refractivity contribution in [1.29, 1.82) is 0 Å². The highest BCUT2D eigenvalue weighted by Gasteiger charge is 2.25. The van der Waals surface area contributed by atoms with Crippen LogP contribution in [0, 0.1) is 0 Å². The molecule has 0 spiro atoms. The summed E-state index contributed by atoms with van der Waals surface area (Å²) >= 11 is 1.47. The molecule has 0 aliphatic heterocycles. The first-order valence-electron chi connectivity index (χ1n) is 8.59. The van der Waals surface area contributed by atoms with Gasteiger partial charge in [0.05, 0.1) is 19.3 Å². The summed E-state index contributed by atoms with van der Waals surface area (Å²) < 4.78 is 10.7. The van der Waals surface area contributed by atoms with E-state index in [-0.39, 0.29) is 5.91 Å². The van der Waals surface area contributed by atoms with Crippen LogP contribution in [0.25, 0.3) is 0 Å². The molecule has 0 bridgehead atoms. The van der Waals surface area contributed by atoms with Gasteiger partial charge in [0.2, 0.25) is 5.91 Å². The molecule has 26 heavy (non-hydrogen) atoms. The van der Waals surface area contributed by atoms with Gasteiger partial charge in [-0.1, -0.05) is 0 Å². The van der Waals surface area contributed by atoms with Gasteiger partial charge in [0.25, 0.3) is 5.91 Å². The maximum atomic E-state index is 12.2. The number of ether oxygens (including phenoxy) is 2. The van der Waals surface area contributed by atoms with E-state index in [0.717, 1.165) is 41.2 Å². The van der Waals surface area contributed by atoms with Crippen LogP contribution >= 0.6 is 11.3 Å². The van der Waals surface area contributed by atoms with Crippen molar-refractivity contribution in [3.8, 4) is 11.5 Å². The van der Waals surface area contributed by atoms with E-state index in [2.05, 4.69) is 5.32 Å². The zero-order chi connectivity index (χ0) is 18.5. The Morgan fingerprint density at radius 3 is 2.62 bits per heavy atom. The third kappa shape index (κ3) is 4.16. The third-order valence-electron chi connectivity index (χ3n) is 4.30. The number of anilines is 1. The SMILES string of the molecule is COc1ccc(OCCCC(=O)Nc2sc3c(c2C(N)=O)CCC3)cc1. The Hall–Kier alpha value is -2.54. The number of rotatable bonds is 8. The van der Waals surface area contributed by atoms with Gasteiger partial charge < -0.3 is 20.5 Å². The fraction of sp³-hybridized carbons (Fsp3) is 0.368. The fourth-order valence-electron chi connectivity index (χ4n) is 3.04. The Labute approximate surface area is 156 Å². The number of amides is 2. The van der Waals surface area contributed by atoms with Gasteiger partial charge in [-0.25, -0.2) is 0 Å². The molecule has 1 aromatic heterocycles. The molecule has 1 aromatic carbocycles. The van der Waals surface area contributed by atoms with Crippen LogP contribution in [0.1, 0.15) is 40.1 Å². The molecular weight excluding hydrogens is 352 g/mol. The van der Waals surface area contributed by atoms with Gasteiger partial charge in [-0.05, 0) is 55.5 Å². The van der Waals surface area contributed by atoms with E-state index >= 15 is 0 Å². The number of hydrogen-bond donors (Lipinski definition) is 2. The number of nitrogens with two attached hydrogens (primary N) is 1. The molecule has 0 atom stereocenters. The van der Waals surface area contributed by atoms with Crippen LogP contribution in [0.5, 0.6) is 11.5 Å². The van der Waals surface area contributed by atoms with E-state index < -0.39 is 5.91 Å². The summed E-state index contributed by atoms with van der Waals surface area (Å²) in [4.78, 5) is 25.1. The smallest absolute Gasteiger partial charge is 0.251 e. The van der Waals surface area contributed by atoms with Crippen LogP contribution in [0.3, 0.4) is 0 Å². The van der Waals surface area contributed by atoms with Crippen molar-refractivity contribution < 1.29 is 19.1 Å². The molecule has 1 heterocycles. The molecule has 0 radical (unpaired) electrons. The molecule has 3 rings (SSSR count). The highest BCUT2D eigenvalue weighted by molar-refractivity contribution is 7.17. The number of methoxy groups -OCH3 is 1. The van der Waals surface area contributed by atoms with Crippen LogP contribution in [0.2, 0.25) is 0 Å². The van der Waals surface area contributed by atoms with Crippen molar-refractivity contribution in [2.45, 2.75) is 32.1 Å². The van der Waals surface area contributed by atoms with E-state index in [9.17, 15) is 9.59 Å². The number of carbonyl (C=O) groups excluding carboxylic acids is 2. The summed E-state index contributed by atoms with van der Waals surface area (Å²) in [5.74, 6) is 0.898. The number of nitrogens with one attached hydrogen (secondary N) is 1. The summed E-state index contributed by atoms with van der Waals surface area (Å²) in [5, 5.41) is 3.43. The molecule has 2 amide bonds. The Balaban J connectivity index is 1.48. The van der Waals surface area contributed by atoms with Gasteiger partial charge in [-0.2, -0.15) is 0 Å². The van der Waals surface area contributed by atoms with Crippen LogP contribution in [-0.2, 0) is 17.6 Å². The highest BCUT2D eigenvalue weighted by atomic mass is 32.1. The van der Waals surface area contributed by atoms with Crippen LogP contribution in [-0.4, -0.2) is 25.5 Å². The molecule has 2 aromatic rings. The number of hydrogen-bond acceptors (Lipinski definition) is 5. The average Bonchev–Trinajstić information content (AvgIpc) is 3.19. The van der Waals surface area contributed by atoms with Crippen molar-refractivity contribution >= 4 is 28.2 Å². The topological polar surface area (TPSA) is 90.7 Å². The second kappa shape index (κ2) is 8.23. The van der Waals surface area contributed by atoms with Crippen molar-refractivity contribution in [3.05, 3.63) is 40.3 Å². The van der Waals surface area contributed by atoms with Crippen LogP contribution in [0.15, 0.2) is 24.3 Å². The van der Waals surface area contributed by atoms with Crippen LogP contribution < -0.4 is 20.5 Å². The Morgan fingerprint density at radius 1 is 1.19 bits per heavy atom. The minimum absolute atomic E-state index is 0.134. The minimum Gasteiger partial charge on any atom is -0.497 e. The zero-order valence-electron chi connectivity index (χ0n) is 14.7. The number of benzene rings is 1. The van der Waals surface area contributed by atoms with E-state index in [4.69, 9.17) is 15.2 Å². The number of carbonyl (C=O) groups is 2. The van der Waals surface area contributed by atoms with Gasteiger partial charge in [0, 0.05) is 11.3 Å². The average molecular weight is 374 g/mol. The van der Waals surface area contributed by atoms with Crippen molar-refractivity contribution in [3.63, 3.8) is 0 Å². The number of fused-ring (bicyclic) bond motifs is 1. The van der Waals surface area contributed by atoms with Gasteiger partial charge in [-0.3, -0.25) is 9.59 Å². The van der Waals surface area contributed by atoms with Crippen molar-refractivity contribution in [2.24, 2.45) is 5.73 Å². The van der Waals surface area contributed by atoms with E-state index in [1.807, 2.05) is 24.3 Å². The van der Waals surface area contributed by atoms with Crippen molar-refractivity contribution in [2.75, 3.05) is 19.0 Å². The molecule has 0 saturated heterocycles. The molecule has 138 valence electrons. The Bertz CT molecular complexity index is 799. The summed E-state index contributed by atoms with van der Waals surface area (Å²) in [6.07, 6.45) is 3.74. The monoisotopic (exact) mass is 374 g/mol. The second-order valence-electron chi connectivity index (χ2n) is 6.10. The summed E-state index contributed by atoms with van der Waals surface area (Å²) in [5.41, 5.74) is 7.01. The third-order valence-corrected chi connectivity index (χ3v) is 5.50. The predicted molar refractivity (Wildman–Crippen MR) is 101 cm³/mol. The summed E-state index contributed by atoms with van der Waals surface area (Å²) in [6.45, 7) is 0.434. The quantitative estimate of drug-likeness (QED) is 0.695. The number of thiophene rings is 1. The Morgan fingerprint density at radius 2 is 1.92 bits per heavy atom. The van der Waals surface area contributed by atoms with Gasteiger partial charge in [0.1, 0.15) is 16.5 Å². The lowest BCUT2D eigenvalue weighted by Crippen LogP contribution is -2.18. The molecule has 0 unspecified atom stereocenters. The largest absolute Gasteiger partial charge is 0.497 e. The lowest BCUT2D eigenvalue weighted by atomic mass is 10.1. The zero-order valence-corrected chi connectivity index (χ0v) is 15.5. The Kier molecular flexibility index (Phi) is 5.78. The molecule has 1 aliphatic carbocycles. The molecule has 0 fully saturated rings. The minimum atomic E-state index is -0.470.